The van der Waals surface area contributed by atoms with Crippen LogP contribution in [0.3, 0.4) is 0 Å². The fraction of sp³-hybridized carbons (Fsp3) is 0.538. The summed E-state index contributed by atoms with van der Waals surface area (Å²) >= 11 is 0. The smallest absolute Gasteiger partial charge is 0.243 e. The summed E-state index contributed by atoms with van der Waals surface area (Å²) in [6.07, 6.45) is 1.18. The summed E-state index contributed by atoms with van der Waals surface area (Å²) in [5.41, 5.74) is 0.779. The Morgan fingerprint density at radius 1 is 1.07 bits per heavy atom. The Labute approximate surface area is 236 Å². The highest BCUT2D eigenvalue weighted by atomic mass is 16.2. The van der Waals surface area contributed by atoms with E-state index >= 15 is 0 Å². The van der Waals surface area contributed by atoms with Gasteiger partial charge in [0.1, 0.15) is 24.7 Å². The minimum Gasteiger partial charge on any atom is -0.358 e. The van der Waals surface area contributed by atoms with Gasteiger partial charge in [-0.25, -0.2) is 0 Å². The van der Waals surface area contributed by atoms with Crippen molar-refractivity contribution in [2.24, 2.45) is 10.3 Å². The number of nitrogens with zero attached hydrogens (tertiary/aromatic N) is 4. The van der Waals surface area contributed by atoms with Crippen molar-refractivity contribution in [3.8, 4) is 0 Å². The van der Waals surface area contributed by atoms with Gasteiger partial charge in [0, 0.05) is 26.4 Å². The van der Waals surface area contributed by atoms with Crippen molar-refractivity contribution in [1.82, 2.24) is 36.5 Å². The molecule has 4 rings (SSSR count). The fourth-order valence-corrected chi connectivity index (χ4v) is 5.00. The number of fused-ring (bicyclic) bond motifs is 3. The van der Waals surface area contributed by atoms with Crippen LogP contribution in [0.5, 0.6) is 0 Å². The Bertz CT molecular complexity index is 1190. The Morgan fingerprint density at radius 3 is 2.61 bits per heavy atom. The molecule has 4 atom stereocenters. The summed E-state index contributed by atoms with van der Waals surface area (Å²) in [4.78, 5) is 78.7. The van der Waals surface area contributed by atoms with Crippen molar-refractivity contribution in [1.29, 1.82) is 0 Å². The molecule has 0 saturated carbocycles. The second-order valence-corrected chi connectivity index (χ2v) is 10.2. The lowest BCUT2D eigenvalue weighted by atomic mass is 10.0. The number of hydrogen-bond acceptors (Lipinski definition) is 9. The third-order valence-corrected chi connectivity index (χ3v) is 7.16. The molecule has 6 amide bonds. The standard InChI is InChI=1S/C26H35N9O6/c1-27-21(36)12-29-24(39)19-11-17-14-34(33-32-17)15-22(37)28-13-23(38)35-9-5-8-20(35)26(41)31-18(25(40)30-19)10-16-6-3-2-4-7-16/h2-4,6-7,17-20H,5,8-15H2,1H3,(H,27,36)(H,28,37)(H,29,39)(H,30,40)(H,31,41). The third-order valence-electron chi connectivity index (χ3n) is 7.16. The van der Waals surface area contributed by atoms with E-state index in [0.717, 1.165) is 5.56 Å². The Morgan fingerprint density at radius 2 is 1.85 bits per heavy atom. The first-order chi connectivity index (χ1) is 19.7. The van der Waals surface area contributed by atoms with E-state index in [1.165, 1.54) is 17.0 Å². The Kier molecular flexibility index (Phi) is 9.81. The van der Waals surface area contributed by atoms with E-state index in [1.807, 2.05) is 30.3 Å². The first-order valence-corrected chi connectivity index (χ1v) is 13.6. The van der Waals surface area contributed by atoms with Crippen LogP contribution in [0.1, 0.15) is 24.8 Å². The van der Waals surface area contributed by atoms with Gasteiger partial charge in [-0.05, 0) is 18.4 Å². The van der Waals surface area contributed by atoms with Crippen molar-refractivity contribution in [2.45, 2.75) is 49.9 Å². The maximum Gasteiger partial charge on any atom is 0.243 e. The molecule has 3 aliphatic heterocycles. The first kappa shape index (κ1) is 29.4. The molecule has 0 radical (unpaired) electrons. The number of nitrogens with one attached hydrogen (secondary N) is 5. The molecule has 4 unspecified atom stereocenters. The lowest BCUT2D eigenvalue weighted by Gasteiger charge is -2.27. The number of likely N-dealkylation sites (N-methyl/N-ethyl adjacent to an activating group) is 1. The highest BCUT2D eigenvalue weighted by molar-refractivity contribution is 5.96. The molecule has 0 spiro atoms. The summed E-state index contributed by atoms with van der Waals surface area (Å²) < 4.78 is 0. The van der Waals surface area contributed by atoms with E-state index < -0.39 is 59.6 Å². The molecule has 15 heteroatoms. The molecule has 1 aromatic carbocycles. The van der Waals surface area contributed by atoms with Gasteiger partial charge in [-0.2, -0.15) is 5.11 Å². The number of carbonyl (C=O) groups is 6. The molecule has 2 fully saturated rings. The predicted octanol–water partition coefficient (Wildman–Crippen LogP) is -2.38. The average molecular weight is 570 g/mol. The maximum absolute atomic E-state index is 13.6. The van der Waals surface area contributed by atoms with E-state index in [0.29, 0.717) is 19.4 Å². The highest BCUT2D eigenvalue weighted by Gasteiger charge is 2.37. The molecule has 1 aromatic rings. The average Bonchev–Trinajstić information content (AvgIpc) is 3.63. The van der Waals surface area contributed by atoms with Gasteiger partial charge in [-0.3, -0.25) is 33.8 Å². The Balaban J connectivity index is 1.60. The number of amides is 6. The number of rotatable bonds is 5. The molecule has 3 heterocycles. The van der Waals surface area contributed by atoms with Gasteiger partial charge in [-0.15, -0.1) is 0 Å². The zero-order valence-corrected chi connectivity index (χ0v) is 22.8. The lowest BCUT2D eigenvalue weighted by Crippen LogP contribution is -2.58. The molecule has 15 nitrogen and oxygen atoms in total. The number of hydrogen-bond donors (Lipinski definition) is 5. The van der Waals surface area contributed by atoms with E-state index in [1.54, 1.807) is 0 Å². The lowest BCUT2D eigenvalue weighted by molar-refractivity contribution is -0.140. The molecule has 2 bridgehead atoms. The molecule has 5 N–H and O–H groups in total. The van der Waals surface area contributed by atoms with Gasteiger partial charge in [-0.1, -0.05) is 35.6 Å². The zero-order valence-electron chi connectivity index (χ0n) is 22.8. The molecular formula is C26H35N9O6. The summed E-state index contributed by atoms with van der Waals surface area (Å²) in [5, 5.41) is 22.6. The van der Waals surface area contributed by atoms with Crippen molar-refractivity contribution in [2.75, 3.05) is 39.8 Å². The van der Waals surface area contributed by atoms with Crippen molar-refractivity contribution >= 4 is 35.4 Å². The topological polar surface area (TPSA) is 194 Å². The monoisotopic (exact) mass is 569 g/mol. The fourth-order valence-electron chi connectivity index (χ4n) is 5.00. The van der Waals surface area contributed by atoms with Gasteiger partial charge >= 0.3 is 0 Å². The minimum absolute atomic E-state index is 0.0355. The van der Waals surface area contributed by atoms with Gasteiger partial charge in [0.2, 0.25) is 35.4 Å². The summed E-state index contributed by atoms with van der Waals surface area (Å²) in [5.74, 6) is -2.98. The van der Waals surface area contributed by atoms with E-state index in [2.05, 4.69) is 36.9 Å². The van der Waals surface area contributed by atoms with E-state index in [-0.39, 0.29) is 39.0 Å². The first-order valence-electron chi connectivity index (χ1n) is 13.6. The van der Waals surface area contributed by atoms with Gasteiger partial charge < -0.3 is 31.5 Å². The molecular weight excluding hydrogens is 534 g/mol. The van der Waals surface area contributed by atoms with Crippen LogP contribution >= 0.6 is 0 Å². The van der Waals surface area contributed by atoms with E-state index in [9.17, 15) is 28.8 Å². The molecule has 220 valence electrons. The molecule has 41 heavy (non-hydrogen) atoms. The van der Waals surface area contributed by atoms with Crippen LogP contribution in [0.2, 0.25) is 0 Å². The van der Waals surface area contributed by atoms with Crippen molar-refractivity contribution in [3.05, 3.63) is 35.9 Å². The van der Waals surface area contributed by atoms with Crippen LogP contribution in [0, 0.1) is 0 Å². The van der Waals surface area contributed by atoms with Crippen molar-refractivity contribution < 1.29 is 28.8 Å². The highest BCUT2D eigenvalue weighted by Crippen LogP contribution is 2.19. The Hall–Kier alpha value is -4.56. The number of carbonyl (C=O) groups excluding carboxylic acids is 6. The quantitative estimate of drug-likeness (QED) is 0.261. The maximum atomic E-state index is 13.6. The van der Waals surface area contributed by atoms with Crippen LogP contribution in [0.25, 0.3) is 0 Å². The molecule has 3 aliphatic rings. The van der Waals surface area contributed by atoms with Gasteiger partial charge in [0.15, 0.2) is 0 Å². The van der Waals surface area contributed by atoms with Crippen LogP contribution in [-0.4, -0.2) is 109 Å². The second-order valence-electron chi connectivity index (χ2n) is 10.2. The number of benzene rings is 1. The minimum atomic E-state index is -1.11. The van der Waals surface area contributed by atoms with Crippen LogP contribution in [-0.2, 0) is 35.2 Å². The molecule has 2 saturated heterocycles. The van der Waals surface area contributed by atoms with Crippen molar-refractivity contribution in [3.63, 3.8) is 0 Å². The predicted molar refractivity (Wildman–Crippen MR) is 144 cm³/mol. The third kappa shape index (κ3) is 7.99. The SMILES string of the molecule is CNC(=O)CNC(=O)C1CC2CN(CC(=O)NCC(=O)N3CCCC3C(=O)NC(Cc3ccccc3)C(=O)N1)N=N2. The summed E-state index contributed by atoms with van der Waals surface area (Å²) in [6, 6.07) is 5.57. The van der Waals surface area contributed by atoms with Crippen LogP contribution < -0.4 is 26.6 Å². The van der Waals surface area contributed by atoms with Gasteiger partial charge in [0.05, 0.1) is 25.7 Å². The molecule has 0 aromatic heterocycles. The zero-order chi connectivity index (χ0) is 29.4. The summed E-state index contributed by atoms with van der Waals surface area (Å²) in [7, 11) is 1.43. The van der Waals surface area contributed by atoms with Crippen LogP contribution in [0.15, 0.2) is 40.7 Å². The normalized spacial score (nSPS) is 25.5. The van der Waals surface area contributed by atoms with E-state index in [4.69, 9.17) is 0 Å². The van der Waals surface area contributed by atoms with Gasteiger partial charge in [0.25, 0.3) is 0 Å². The second kappa shape index (κ2) is 13.7. The van der Waals surface area contributed by atoms with Crippen LogP contribution in [0.4, 0.5) is 0 Å². The molecule has 0 aliphatic carbocycles. The summed E-state index contributed by atoms with van der Waals surface area (Å²) in [6.45, 7) is -0.183. The largest absolute Gasteiger partial charge is 0.358 e.